The highest BCUT2D eigenvalue weighted by Crippen LogP contribution is 2.37. The molecule has 1 aliphatic carbocycles. The van der Waals surface area contributed by atoms with E-state index < -0.39 is 0 Å². The number of hydrogen-bond acceptors (Lipinski definition) is 7. The van der Waals surface area contributed by atoms with Crippen LogP contribution in [0.25, 0.3) is 0 Å². The number of hydrogen-bond donors (Lipinski definition) is 1. The van der Waals surface area contributed by atoms with Crippen LogP contribution >= 0.6 is 11.6 Å². The van der Waals surface area contributed by atoms with Gasteiger partial charge in [-0.3, -0.25) is 14.6 Å². The number of halogens is 1. The molecular formula is C27H37ClN6O2. The average molecular weight is 513 g/mol. The van der Waals surface area contributed by atoms with E-state index in [1.807, 2.05) is 29.2 Å². The van der Waals surface area contributed by atoms with Crippen LogP contribution < -0.4 is 4.90 Å². The number of fused-ring (bicyclic) bond motifs is 1. The van der Waals surface area contributed by atoms with E-state index in [0.29, 0.717) is 37.1 Å². The fourth-order valence-electron chi connectivity index (χ4n) is 5.85. The summed E-state index contributed by atoms with van der Waals surface area (Å²) in [5.41, 5.74) is 3.51. The van der Waals surface area contributed by atoms with E-state index >= 15 is 0 Å². The Hall–Kier alpha value is -2.26. The molecule has 0 saturated carbocycles. The van der Waals surface area contributed by atoms with Crippen molar-refractivity contribution in [2.45, 2.75) is 31.6 Å². The summed E-state index contributed by atoms with van der Waals surface area (Å²) in [5.74, 6) is 1.52. The van der Waals surface area contributed by atoms with Gasteiger partial charge < -0.3 is 14.9 Å². The van der Waals surface area contributed by atoms with Gasteiger partial charge >= 0.3 is 0 Å². The maximum atomic E-state index is 13.9. The topological polar surface area (TPSA) is 76.0 Å². The van der Waals surface area contributed by atoms with Gasteiger partial charge in [-0.15, -0.1) is 0 Å². The monoisotopic (exact) mass is 512 g/mol. The van der Waals surface area contributed by atoms with Crippen molar-refractivity contribution >= 4 is 23.3 Å². The van der Waals surface area contributed by atoms with Gasteiger partial charge in [-0.2, -0.15) is 0 Å². The number of aliphatic hydroxyl groups is 1. The highest BCUT2D eigenvalue weighted by molar-refractivity contribution is 6.30. The van der Waals surface area contributed by atoms with Crippen molar-refractivity contribution < 1.29 is 9.90 Å². The molecule has 1 amide bonds. The molecule has 0 spiro atoms. The highest BCUT2D eigenvalue weighted by atomic mass is 35.5. The Balaban J connectivity index is 1.26. The number of aromatic nitrogens is 2. The van der Waals surface area contributed by atoms with E-state index in [4.69, 9.17) is 11.6 Å². The summed E-state index contributed by atoms with van der Waals surface area (Å²) in [4.78, 5) is 32.1. The average Bonchev–Trinajstić information content (AvgIpc) is 3.30. The standard InChI is InChI=1S/C27H37ClN6O2/c1-20-2-7-24-25(20)26(30-19-29-24)33-12-14-34(15-13-33)27(36)23(21-3-5-22(28)6-4-21)18-32-10-8-31(9-11-32)16-17-35/h3-6,19-20,23,35H,2,7-18H2,1H3/t20-,23?/m1/s1. The van der Waals surface area contributed by atoms with E-state index in [1.165, 1.54) is 11.3 Å². The van der Waals surface area contributed by atoms with Crippen LogP contribution in [0.15, 0.2) is 30.6 Å². The second-order valence-corrected chi connectivity index (χ2v) is 10.7. The summed E-state index contributed by atoms with van der Waals surface area (Å²) in [6.45, 7) is 10.5. The molecule has 0 bridgehead atoms. The molecule has 8 nitrogen and oxygen atoms in total. The minimum atomic E-state index is -0.221. The van der Waals surface area contributed by atoms with Crippen molar-refractivity contribution in [3.8, 4) is 0 Å². The number of amides is 1. The Morgan fingerprint density at radius 3 is 2.42 bits per heavy atom. The normalized spacial score (nSPS) is 22.0. The number of aryl methyl sites for hydroxylation is 1. The number of nitrogens with zero attached hydrogens (tertiary/aromatic N) is 6. The molecule has 1 unspecified atom stereocenters. The maximum Gasteiger partial charge on any atom is 0.231 e. The summed E-state index contributed by atoms with van der Waals surface area (Å²) < 4.78 is 0. The molecule has 1 aromatic heterocycles. The highest BCUT2D eigenvalue weighted by Gasteiger charge is 2.33. The first kappa shape index (κ1) is 25.4. The van der Waals surface area contributed by atoms with E-state index in [0.717, 1.165) is 63.5 Å². The van der Waals surface area contributed by atoms with E-state index in [9.17, 15) is 9.90 Å². The van der Waals surface area contributed by atoms with Crippen molar-refractivity contribution in [2.75, 3.05) is 77.0 Å². The smallest absolute Gasteiger partial charge is 0.231 e. The van der Waals surface area contributed by atoms with Crippen LogP contribution in [0.2, 0.25) is 5.02 Å². The van der Waals surface area contributed by atoms with Gasteiger partial charge in [0.25, 0.3) is 0 Å². The second kappa shape index (κ2) is 11.4. The zero-order chi connectivity index (χ0) is 25.1. The lowest BCUT2D eigenvalue weighted by molar-refractivity contribution is -0.133. The molecule has 5 rings (SSSR count). The van der Waals surface area contributed by atoms with Gasteiger partial charge in [0.1, 0.15) is 12.1 Å². The minimum Gasteiger partial charge on any atom is -0.395 e. The van der Waals surface area contributed by atoms with Crippen molar-refractivity contribution in [1.82, 2.24) is 24.7 Å². The Morgan fingerprint density at radius 2 is 1.72 bits per heavy atom. The fourth-order valence-corrected chi connectivity index (χ4v) is 5.98. The lowest BCUT2D eigenvalue weighted by Gasteiger charge is -2.40. The molecule has 2 saturated heterocycles. The predicted molar refractivity (Wildman–Crippen MR) is 142 cm³/mol. The molecule has 194 valence electrons. The third kappa shape index (κ3) is 5.52. The van der Waals surface area contributed by atoms with Crippen LogP contribution in [0, 0.1) is 0 Å². The molecule has 2 aromatic rings. The SMILES string of the molecule is C[C@@H]1CCc2ncnc(N3CCN(C(=O)C(CN4CCN(CCO)CC4)c4ccc(Cl)cc4)CC3)c21. The molecule has 9 heteroatoms. The summed E-state index contributed by atoms with van der Waals surface area (Å²) in [5, 5.41) is 9.92. The molecule has 3 heterocycles. The number of β-amino-alcohol motifs (C(OH)–C–C–N with tert-alkyl or cyclic N) is 1. The van der Waals surface area contributed by atoms with Crippen LogP contribution in [-0.4, -0.2) is 108 Å². The van der Waals surface area contributed by atoms with Crippen LogP contribution in [0.1, 0.15) is 42.0 Å². The first-order chi connectivity index (χ1) is 17.5. The first-order valence-electron chi connectivity index (χ1n) is 13.2. The van der Waals surface area contributed by atoms with E-state index in [1.54, 1.807) is 6.33 Å². The van der Waals surface area contributed by atoms with Crippen molar-refractivity contribution in [3.63, 3.8) is 0 Å². The van der Waals surface area contributed by atoms with Crippen molar-refractivity contribution in [2.24, 2.45) is 0 Å². The van der Waals surface area contributed by atoms with Gasteiger partial charge in [0.15, 0.2) is 0 Å². The molecule has 1 aromatic carbocycles. The number of benzene rings is 1. The molecule has 3 aliphatic rings. The number of anilines is 1. The summed E-state index contributed by atoms with van der Waals surface area (Å²) in [6, 6.07) is 7.75. The number of carbonyl (C=O) groups excluding carboxylic acids is 1. The van der Waals surface area contributed by atoms with Gasteiger partial charge in [0.2, 0.25) is 5.91 Å². The van der Waals surface area contributed by atoms with Gasteiger partial charge in [0, 0.05) is 81.7 Å². The van der Waals surface area contributed by atoms with Gasteiger partial charge in [0.05, 0.1) is 12.5 Å². The lowest BCUT2D eigenvalue weighted by Crippen LogP contribution is -2.53. The second-order valence-electron chi connectivity index (χ2n) is 10.3. The Labute approximate surface area is 218 Å². The van der Waals surface area contributed by atoms with Crippen molar-refractivity contribution in [3.05, 3.63) is 52.4 Å². The first-order valence-corrected chi connectivity index (χ1v) is 13.6. The van der Waals surface area contributed by atoms with E-state index in [-0.39, 0.29) is 18.4 Å². The summed E-state index contributed by atoms with van der Waals surface area (Å²) in [7, 11) is 0. The molecular weight excluding hydrogens is 476 g/mol. The number of aliphatic hydroxyl groups excluding tert-OH is 1. The summed E-state index contributed by atoms with van der Waals surface area (Å²) in [6.07, 6.45) is 3.86. The molecule has 2 aliphatic heterocycles. The third-order valence-electron chi connectivity index (χ3n) is 8.04. The largest absolute Gasteiger partial charge is 0.395 e. The lowest BCUT2D eigenvalue weighted by atomic mass is 9.96. The van der Waals surface area contributed by atoms with E-state index in [2.05, 4.69) is 31.6 Å². The quantitative estimate of drug-likeness (QED) is 0.609. The Bertz CT molecular complexity index is 1040. The zero-order valence-electron chi connectivity index (χ0n) is 21.2. The Morgan fingerprint density at radius 1 is 1.03 bits per heavy atom. The predicted octanol–water partition coefficient (Wildman–Crippen LogP) is 2.22. The molecule has 2 atom stereocenters. The molecule has 1 N–H and O–H groups in total. The fraction of sp³-hybridized carbons (Fsp3) is 0.593. The van der Waals surface area contributed by atoms with Gasteiger partial charge in [-0.1, -0.05) is 30.7 Å². The summed E-state index contributed by atoms with van der Waals surface area (Å²) >= 11 is 6.16. The Kier molecular flexibility index (Phi) is 8.06. The number of piperazine rings is 2. The third-order valence-corrected chi connectivity index (χ3v) is 8.29. The zero-order valence-corrected chi connectivity index (χ0v) is 21.9. The van der Waals surface area contributed by atoms with Crippen LogP contribution in [-0.2, 0) is 11.2 Å². The van der Waals surface area contributed by atoms with Gasteiger partial charge in [-0.25, -0.2) is 9.97 Å². The van der Waals surface area contributed by atoms with Crippen LogP contribution in [0.5, 0.6) is 0 Å². The van der Waals surface area contributed by atoms with Crippen LogP contribution in [0.4, 0.5) is 5.82 Å². The maximum absolute atomic E-state index is 13.9. The van der Waals surface area contributed by atoms with Crippen molar-refractivity contribution in [1.29, 1.82) is 0 Å². The number of carbonyl (C=O) groups is 1. The van der Waals surface area contributed by atoms with Gasteiger partial charge in [-0.05, 0) is 36.5 Å². The minimum absolute atomic E-state index is 0.189. The van der Waals surface area contributed by atoms with Crippen LogP contribution in [0.3, 0.4) is 0 Å². The number of rotatable bonds is 7. The molecule has 36 heavy (non-hydrogen) atoms. The molecule has 0 radical (unpaired) electrons. The molecule has 2 fully saturated rings.